The van der Waals surface area contributed by atoms with Crippen molar-refractivity contribution in [3.8, 4) is 0 Å². The Morgan fingerprint density at radius 2 is 1.06 bits per heavy atom. The third-order valence-corrected chi connectivity index (χ3v) is 4.84. The van der Waals surface area contributed by atoms with Crippen LogP contribution in [0.5, 0.6) is 0 Å². The molecule has 0 unspecified atom stereocenters. The van der Waals surface area contributed by atoms with E-state index in [0.717, 1.165) is 0 Å². The molecule has 0 aliphatic carbocycles. The van der Waals surface area contributed by atoms with Gasteiger partial charge in [0, 0.05) is 0 Å². The van der Waals surface area contributed by atoms with E-state index in [1.165, 1.54) is 24.3 Å². The topological polar surface area (TPSA) is 119 Å². The van der Waals surface area contributed by atoms with Gasteiger partial charge in [-0.3, -0.25) is 0 Å². The van der Waals surface area contributed by atoms with Crippen molar-refractivity contribution in [3.05, 3.63) is 108 Å². The summed E-state index contributed by atoms with van der Waals surface area (Å²) >= 11 is 0. The molecule has 0 heterocycles. The van der Waals surface area contributed by atoms with E-state index in [4.69, 9.17) is 14.2 Å². The van der Waals surface area contributed by atoms with E-state index < -0.39 is 49.4 Å². The van der Waals surface area contributed by atoms with E-state index in [1.54, 1.807) is 66.7 Å². The van der Waals surface area contributed by atoms with Crippen LogP contribution >= 0.6 is 0 Å². The molecule has 8 heteroatoms. The lowest BCUT2D eigenvalue weighted by Crippen LogP contribution is -2.47. The second-order valence-corrected chi connectivity index (χ2v) is 7.26. The maximum absolute atomic E-state index is 12.6. The number of ether oxygens (including phenoxy) is 3. The van der Waals surface area contributed by atoms with Crippen molar-refractivity contribution in [2.75, 3.05) is 13.2 Å². The summed E-state index contributed by atoms with van der Waals surface area (Å²) in [4.78, 5) is 37.4. The van der Waals surface area contributed by atoms with Crippen molar-refractivity contribution in [3.63, 3.8) is 0 Å². The van der Waals surface area contributed by atoms with Gasteiger partial charge in [0.2, 0.25) is 0 Å². The maximum atomic E-state index is 12.6. The highest BCUT2D eigenvalue weighted by Crippen LogP contribution is 2.16. The third kappa shape index (κ3) is 6.74. The molecule has 3 aromatic carbocycles. The van der Waals surface area contributed by atoms with Crippen molar-refractivity contribution < 1.29 is 38.8 Å². The normalized spacial score (nSPS) is 13.2. The fourth-order valence-electron chi connectivity index (χ4n) is 3.07. The highest BCUT2D eigenvalue weighted by atomic mass is 16.6. The van der Waals surface area contributed by atoms with Crippen LogP contribution in [0, 0.1) is 0 Å². The molecular weight excluding hydrogens is 440 g/mol. The average Bonchev–Trinajstić information content (AvgIpc) is 2.90. The summed E-state index contributed by atoms with van der Waals surface area (Å²) < 4.78 is 15.9. The van der Waals surface area contributed by atoms with Crippen LogP contribution in [-0.4, -0.2) is 59.6 Å². The monoisotopic (exact) mass is 464 g/mol. The van der Waals surface area contributed by atoms with Crippen LogP contribution in [0.15, 0.2) is 91.0 Å². The summed E-state index contributed by atoms with van der Waals surface area (Å²) in [6.45, 7) is -1.32. The van der Waals surface area contributed by atoms with Gasteiger partial charge in [-0.15, -0.1) is 0 Å². The zero-order chi connectivity index (χ0) is 24.3. The van der Waals surface area contributed by atoms with Crippen LogP contribution in [0.3, 0.4) is 0 Å². The molecule has 0 radical (unpaired) electrons. The first-order chi connectivity index (χ1) is 16.5. The van der Waals surface area contributed by atoms with Crippen molar-refractivity contribution in [2.45, 2.75) is 18.3 Å². The smallest absolute Gasteiger partial charge is 0.338 e. The van der Waals surface area contributed by atoms with Gasteiger partial charge < -0.3 is 24.4 Å². The molecule has 0 aromatic heterocycles. The molecule has 2 N–H and O–H groups in total. The number of aliphatic hydroxyl groups excluding tert-OH is 2. The Kier molecular flexibility index (Phi) is 8.90. The average molecular weight is 464 g/mol. The lowest BCUT2D eigenvalue weighted by atomic mass is 10.1. The largest absolute Gasteiger partial charge is 0.459 e. The minimum Gasteiger partial charge on any atom is -0.459 e. The molecule has 176 valence electrons. The van der Waals surface area contributed by atoms with Gasteiger partial charge in [-0.25, -0.2) is 14.4 Å². The number of carbonyl (C=O) groups is 3. The standard InChI is InChI=1S/C26H24O8/c27-16-22(33-25(30)19-12-6-2-7-13-19)23(34-26(31)20-14-8-3-9-15-20)21(28)17-32-24(29)18-10-4-1-5-11-18/h1-15,21-23,27-28H,16-17H2/t21-,22-,23+/m0/s1. The molecular formula is C26H24O8. The number of hydrogen-bond acceptors (Lipinski definition) is 8. The Morgan fingerprint density at radius 1 is 0.647 bits per heavy atom. The van der Waals surface area contributed by atoms with E-state index in [1.807, 2.05) is 0 Å². The van der Waals surface area contributed by atoms with E-state index >= 15 is 0 Å². The van der Waals surface area contributed by atoms with Crippen molar-refractivity contribution >= 4 is 17.9 Å². The van der Waals surface area contributed by atoms with E-state index in [-0.39, 0.29) is 16.7 Å². The number of benzene rings is 3. The number of aliphatic hydroxyl groups is 2. The van der Waals surface area contributed by atoms with Gasteiger partial charge in [0.25, 0.3) is 0 Å². The summed E-state index contributed by atoms with van der Waals surface area (Å²) in [6, 6.07) is 24.1. The van der Waals surface area contributed by atoms with E-state index in [2.05, 4.69) is 0 Å². The maximum Gasteiger partial charge on any atom is 0.338 e. The first kappa shape index (κ1) is 24.6. The summed E-state index contributed by atoms with van der Waals surface area (Å²) in [5, 5.41) is 20.6. The highest BCUT2D eigenvalue weighted by molar-refractivity contribution is 5.90. The SMILES string of the molecule is O=C(OC[C@H](O)[C@@H](OC(=O)c1ccccc1)[C@H](CO)OC(=O)c1ccccc1)c1ccccc1. The minimum atomic E-state index is -1.60. The Hall–Kier alpha value is -4.01. The summed E-state index contributed by atoms with van der Waals surface area (Å²) in [7, 11) is 0. The molecule has 3 atom stereocenters. The Labute approximate surface area is 196 Å². The summed E-state index contributed by atoms with van der Waals surface area (Å²) in [5.74, 6) is -2.29. The predicted octanol–water partition coefficient (Wildman–Crippen LogP) is 2.65. The minimum absolute atomic E-state index is 0.187. The fraction of sp³-hybridized carbons (Fsp3) is 0.192. The summed E-state index contributed by atoms with van der Waals surface area (Å²) in [6.07, 6.45) is -4.54. The van der Waals surface area contributed by atoms with Crippen LogP contribution in [0.4, 0.5) is 0 Å². The molecule has 8 nitrogen and oxygen atoms in total. The van der Waals surface area contributed by atoms with Gasteiger partial charge in [0.1, 0.15) is 12.7 Å². The summed E-state index contributed by atoms with van der Waals surface area (Å²) in [5.41, 5.74) is 0.660. The second-order valence-electron chi connectivity index (χ2n) is 7.26. The molecule has 0 aliphatic heterocycles. The molecule has 0 fully saturated rings. The van der Waals surface area contributed by atoms with Gasteiger partial charge in [0.15, 0.2) is 12.2 Å². The molecule has 3 rings (SSSR count). The predicted molar refractivity (Wildman–Crippen MR) is 121 cm³/mol. The number of rotatable bonds is 10. The molecule has 0 saturated heterocycles. The first-order valence-electron chi connectivity index (χ1n) is 10.5. The first-order valence-corrected chi connectivity index (χ1v) is 10.5. The van der Waals surface area contributed by atoms with E-state index in [9.17, 15) is 24.6 Å². The zero-order valence-electron chi connectivity index (χ0n) is 18.2. The molecule has 0 saturated carbocycles. The number of esters is 3. The molecule has 0 bridgehead atoms. The Bertz CT molecular complexity index is 1070. The number of hydrogen-bond donors (Lipinski definition) is 2. The van der Waals surface area contributed by atoms with Gasteiger partial charge in [-0.05, 0) is 36.4 Å². The Balaban J connectivity index is 1.76. The quantitative estimate of drug-likeness (QED) is 0.347. The molecule has 34 heavy (non-hydrogen) atoms. The zero-order valence-corrected chi connectivity index (χ0v) is 18.2. The number of carbonyl (C=O) groups excluding carboxylic acids is 3. The van der Waals surface area contributed by atoms with Crippen LogP contribution in [0.2, 0.25) is 0 Å². The van der Waals surface area contributed by atoms with Crippen molar-refractivity contribution in [1.29, 1.82) is 0 Å². The van der Waals surface area contributed by atoms with Crippen LogP contribution in [0.25, 0.3) is 0 Å². The van der Waals surface area contributed by atoms with E-state index in [0.29, 0.717) is 0 Å². The van der Waals surface area contributed by atoms with Gasteiger partial charge in [-0.2, -0.15) is 0 Å². The lowest BCUT2D eigenvalue weighted by molar-refractivity contribution is -0.106. The highest BCUT2D eigenvalue weighted by Gasteiger charge is 2.36. The van der Waals surface area contributed by atoms with Crippen molar-refractivity contribution in [1.82, 2.24) is 0 Å². The molecule has 3 aromatic rings. The lowest BCUT2D eigenvalue weighted by Gasteiger charge is -2.29. The van der Waals surface area contributed by atoms with Crippen molar-refractivity contribution in [2.24, 2.45) is 0 Å². The molecule has 0 aliphatic rings. The van der Waals surface area contributed by atoms with Crippen LogP contribution < -0.4 is 0 Å². The molecule has 0 spiro atoms. The van der Waals surface area contributed by atoms with Gasteiger partial charge in [-0.1, -0.05) is 54.6 Å². The van der Waals surface area contributed by atoms with Crippen LogP contribution in [0.1, 0.15) is 31.1 Å². The fourth-order valence-corrected chi connectivity index (χ4v) is 3.07. The van der Waals surface area contributed by atoms with Gasteiger partial charge >= 0.3 is 17.9 Å². The van der Waals surface area contributed by atoms with Crippen LogP contribution in [-0.2, 0) is 14.2 Å². The molecule has 0 amide bonds. The van der Waals surface area contributed by atoms with Gasteiger partial charge in [0.05, 0.1) is 23.3 Å². The third-order valence-electron chi connectivity index (χ3n) is 4.84. The Morgan fingerprint density at radius 3 is 1.50 bits per heavy atom. The second kappa shape index (κ2) is 12.3.